The van der Waals surface area contributed by atoms with E-state index in [2.05, 4.69) is 10.6 Å². The number of nitrogens with zero attached hydrogens (tertiary/aromatic N) is 2. The molecule has 2 fully saturated rings. The number of urea groups is 1. The van der Waals surface area contributed by atoms with E-state index in [-0.39, 0.29) is 35.8 Å². The van der Waals surface area contributed by atoms with E-state index < -0.39 is 0 Å². The van der Waals surface area contributed by atoms with Crippen LogP contribution in [0.15, 0.2) is 24.3 Å². The average Bonchev–Trinajstić information content (AvgIpc) is 2.74. The summed E-state index contributed by atoms with van der Waals surface area (Å²) < 4.78 is 0. The van der Waals surface area contributed by atoms with Crippen LogP contribution in [0.3, 0.4) is 0 Å². The van der Waals surface area contributed by atoms with Gasteiger partial charge in [-0.3, -0.25) is 9.59 Å². The molecule has 1 saturated carbocycles. The fourth-order valence-electron chi connectivity index (χ4n) is 4.50. The number of nitrogens with one attached hydrogen (secondary N) is 2. The van der Waals surface area contributed by atoms with Crippen LogP contribution in [0.4, 0.5) is 4.79 Å². The van der Waals surface area contributed by atoms with Crippen molar-refractivity contribution in [1.82, 2.24) is 20.4 Å². The molecule has 1 aliphatic heterocycles. The number of piperidine rings is 1. The fourth-order valence-corrected chi connectivity index (χ4v) is 4.50. The molecule has 3 rings (SSSR count). The van der Waals surface area contributed by atoms with Crippen LogP contribution in [0.5, 0.6) is 0 Å². The van der Waals surface area contributed by atoms with Gasteiger partial charge in [-0.1, -0.05) is 31.0 Å². The lowest BCUT2D eigenvalue weighted by atomic mass is 9.88. The lowest BCUT2D eigenvalue weighted by molar-refractivity contribution is -0.127. The highest BCUT2D eigenvalue weighted by molar-refractivity contribution is 5.95. The molecule has 7 heteroatoms. The Kier molecular flexibility index (Phi) is 7.34. The zero-order chi connectivity index (χ0) is 21.7. The first-order chi connectivity index (χ1) is 14.4. The number of hydrogen-bond acceptors (Lipinski definition) is 3. The molecule has 164 valence electrons. The van der Waals surface area contributed by atoms with Crippen molar-refractivity contribution < 1.29 is 14.4 Å². The van der Waals surface area contributed by atoms with Crippen molar-refractivity contribution in [3.05, 3.63) is 35.4 Å². The van der Waals surface area contributed by atoms with Crippen LogP contribution < -0.4 is 10.6 Å². The van der Waals surface area contributed by atoms with Crippen molar-refractivity contribution in [2.24, 2.45) is 5.92 Å². The van der Waals surface area contributed by atoms with Gasteiger partial charge in [-0.15, -0.1) is 0 Å². The third-order valence-corrected chi connectivity index (χ3v) is 6.25. The van der Waals surface area contributed by atoms with Crippen molar-refractivity contribution in [3.63, 3.8) is 0 Å². The summed E-state index contributed by atoms with van der Waals surface area (Å²) in [6, 6.07) is 7.36. The molecule has 0 aromatic heterocycles. The van der Waals surface area contributed by atoms with E-state index in [1.807, 2.05) is 31.2 Å². The van der Waals surface area contributed by atoms with Crippen molar-refractivity contribution in [2.45, 2.75) is 57.5 Å². The molecule has 2 aliphatic rings. The maximum absolute atomic E-state index is 13.0. The molecule has 7 nitrogen and oxygen atoms in total. The molecule has 0 spiro atoms. The molecular formula is C23H34N4O3. The Bertz CT molecular complexity index is 779. The summed E-state index contributed by atoms with van der Waals surface area (Å²) >= 11 is 0. The van der Waals surface area contributed by atoms with Crippen LogP contribution >= 0.6 is 0 Å². The second kappa shape index (κ2) is 9.96. The van der Waals surface area contributed by atoms with Gasteiger partial charge in [0.25, 0.3) is 5.91 Å². The smallest absolute Gasteiger partial charge is 0.319 e. The highest BCUT2D eigenvalue weighted by atomic mass is 16.2. The summed E-state index contributed by atoms with van der Waals surface area (Å²) in [5.74, 6) is -0.287. The Labute approximate surface area is 179 Å². The fraction of sp³-hybridized carbons (Fsp3) is 0.609. The number of likely N-dealkylation sites (tertiary alicyclic amines) is 1. The Hall–Kier alpha value is -2.57. The first-order valence-corrected chi connectivity index (χ1v) is 11.0. The number of benzene rings is 1. The van der Waals surface area contributed by atoms with Gasteiger partial charge in [0.05, 0.1) is 5.92 Å². The summed E-state index contributed by atoms with van der Waals surface area (Å²) in [6.07, 6.45) is 5.42. The van der Waals surface area contributed by atoms with Crippen LogP contribution in [0, 0.1) is 12.8 Å². The zero-order valence-electron chi connectivity index (χ0n) is 18.3. The van der Waals surface area contributed by atoms with E-state index >= 15 is 0 Å². The number of carbonyl (C=O) groups is 3. The normalized spacial score (nSPS) is 24.1. The molecule has 1 aromatic rings. The lowest BCUT2D eigenvalue weighted by Gasteiger charge is -2.37. The molecule has 1 aromatic carbocycles. The summed E-state index contributed by atoms with van der Waals surface area (Å²) in [4.78, 5) is 41.3. The van der Waals surface area contributed by atoms with E-state index in [4.69, 9.17) is 0 Å². The van der Waals surface area contributed by atoms with Crippen LogP contribution in [-0.2, 0) is 4.79 Å². The van der Waals surface area contributed by atoms with E-state index in [0.717, 1.165) is 44.1 Å². The Morgan fingerprint density at radius 3 is 2.30 bits per heavy atom. The van der Waals surface area contributed by atoms with Crippen molar-refractivity contribution in [2.75, 3.05) is 27.2 Å². The van der Waals surface area contributed by atoms with Crippen molar-refractivity contribution in [1.29, 1.82) is 0 Å². The molecule has 3 atom stereocenters. The number of amides is 4. The first-order valence-electron chi connectivity index (χ1n) is 11.0. The third-order valence-electron chi connectivity index (χ3n) is 6.25. The topological polar surface area (TPSA) is 81.8 Å². The predicted octanol–water partition coefficient (Wildman–Crippen LogP) is 2.55. The average molecular weight is 415 g/mol. The second-order valence-corrected chi connectivity index (χ2v) is 8.76. The number of aryl methyl sites for hydroxylation is 1. The van der Waals surface area contributed by atoms with Gasteiger partial charge in [-0.25, -0.2) is 4.79 Å². The van der Waals surface area contributed by atoms with Crippen LogP contribution in [-0.4, -0.2) is 66.9 Å². The molecule has 0 unspecified atom stereocenters. The van der Waals surface area contributed by atoms with Crippen LogP contribution in [0.25, 0.3) is 0 Å². The molecule has 30 heavy (non-hydrogen) atoms. The minimum atomic E-state index is -0.197. The predicted molar refractivity (Wildman–Crippen MR) is 116 cm³/mol. The van der Waals surface area contributed by atoms with E-state index in [0.29, 0.717) is 18.7 Å². The first kappa shape index (κ1) is 22.1. The van der Waals surface area contributed by atoms with Gasteiger partial charge in [0, 0.05) is 44.8 Å². The molecule has 1 heterocycles. The maximum atomic E-state index is 13.0. The van der Waals surface area contributed by atoms with Gasteiger partial charge in [0.15, 0.2) is 0 Å². The van der Waals surface area contributed by atoms with Crippen LogP contribution in [0.1, 0.15) is 54.4 Å². The molecular weight excluding hydrogens is 380 g/mol. The van der Waals surface area contributed by atoms with Gasteiger partial charge < -0.3 is 20.4 Å². The van der Waals surface area contributed by atoms with E-state index in [1.165, 1.54) is 0 Å². The Morgan fingerprint density at radius 1 is 0.967 bits per heavy atom. The van der Waals surface area contributed by atoms with Gasteiger partial charge in [-0.05, 0) is 44.2 Å². The maximum Gasteiger partial charge on any atom is 0.319 e. The highest BCUT2D eigenvalue weighted by Crippen LogP contribution is 2.22. The van der Waals surface area contributed by atoms with Gasteiger partial charge in [0.2, 0.25) is 5.91 Å². The quantitative estimate of drug-likeness (QED) is 0.794. The van der Waals surface area contributed by atoms with Crippen LogP contribution in [0.2, 0.25) is 0 Å². The number of hydrogen-bond donors (Lipinski definition) is 2. The Balaban J connectivity index is 1.61. The minimum Gasteiger partial charge on any atom is -0.351 e. The molecule has 2 N–H and O–H groups in total. The monoisotopic (exact) mass is 414 g/mol. The SMILES string of the molecule is Cc1ccccc1C(=O)N[C@@H]1CCCC[C@H]1NC(=O)[C@H]1CCCN(C(=O)N(C)C)C1. The minimum absolute atomic E-state index is 0.00621. The van der Waals surface area contributed by atoms with Crippen molar-refractivity contribution in [3.8, 4) is 0 Å². The van der Waals surface area contributed by atoms with E-state index in [1.54, 1.807) is 23.9 Å². The van der Waals surface area contributed by atoms with E-state index in [9.17, 15) is 14.4 Å². The number of carbonyl (C=O) groups excluding carboxylic acids is 3. The molecule has 0 radical (unpaired) electrons. The summed E-state index contributed by atoms with van der Waals surface area (Å²) in [6.45, 7) is 3.08. The third kappa shape index (κ3) is 5.32. The summed E-state index contributed by atoms with van der Waals surface area (Å²) in [7, 11) is 3.46. The summed E-state index contributed by atoms with van der Waals surface area (Å²) in [5, 5.41) is 6.35. The lowest BCUT2D eigenvalue weighted by Crippen LogP contribution is -2.56. The molecule has 0 bridgehead atoms. The number of rotatable bonds is 4. The van der Waals surface area contributed by atoms with Gasteiger partial charge in [-0.2, -0.15) is 0 Å². The standard InChI is InChI=1S/C23H34N4O3/c1-16-9-4-5-11-18(16)22(29)25-20-13-7-6-12-19(20)24-21(28)17-10-8-14-27(15-17)23(30)26(2)3/h4-5,9,11,17,19-20H,6-8,10,12-15H2,1-3H3,(H,24,28)(H,25,29)/t17-,19+,20+/m0/s1. The molecule has 4 amide bonds. The van der Waals surface area contributed by atoms with Gasteiger partial charge in [0.1, 0.15) is 0 Å². The molecule has 1 saturated heterocycles. The van der Waals surface area contributed by atoms with Gasteiger partial charge >= 0.3 is 6.03 Å². The summed E-state index contributed by atoms with van der Waals surface area (Å²) in [5.41, 5.74) is 1.62. The van der Waals surface area contributed by atoms with Crippen molar-refractivity contribution >= 4 is 17.8 Å². The largest absolute Gasteiger partial charge is 0.351 e. The molecule has 1 aliphatic carbocycles. The Morgan fingerprint density at radius 2 is 1.63 bits per heavy atom. The highest BCUT2D eigenvalue weighted by Gasteiger charge is 2.33. The zero-order valence-corrected chi connectivity index (χ0v) is 18.3. The second-order valence-electron chi connectivity index (χ2n) is 8.76.